The third kappa shape index (κ3) is 47.7. The van der Waals surface area contributed by atoms with Gasteiger partial charge in [-0.3, -0.25) is 18.6 Å². The van der Waals surface area contributed by atoms with E-state index in [9.17, 15) is 24.2 Å². The van der Waals surface area contributed by atoms with Crippen molar-refractivity contribution in [1.82, 2.24) is 0 Å². The smallest absolute Gasteiger partial charge is 0.462 e. The molecule has 10 nitrogen and oxygen atoms in total. The van der Waals surface area contributed by atoms with Gasteiger partial charge in [0.1, 0.15) is 12.7 Å². The second-order valence-electron chi connectivity index (χ2n) is 17.2. The van der Waals surface area contributed by atoms with E-state index in [0.717, 1.165) is 32.1 Å². The molecule has 0 aromatic rings. The van der Waals surface area contributed by atoms with E-state index >= 15 is 0 Å². The molecule has 0 radical (unpaired) electrons. The lowest BCUT2D eigenvalue weighted by Gasteiger charge is -2.20. The summed E-state index contributed by atoms with van der Waals surface area (Å²) in [5.41, 5.74) is 0. The molecule has 0 aromatic carbocycles. The second-order valence-corrected chi connectivity index (χ2v) is 18.6. The molecule has 0 amide bonds. The highest BCUT2D eigenvalue weighted by molar-refractivity contribution is 7.47. The lowest BCUT2D eigenvalue weighted by molar-refractivity contribution is -0.161. The Hall–Kier alpha value is -2.07. The van der Waals surface area contributed by atoms with Crippen molar-refractivity contribution in [3.8, 4) is 0 Å². The summed E-state index contributed by atoms with van der Waals surface area (Å²) in [6.07, 6.45) is 53.9. The average molecular weight is 911 g/mol. The number of aliphatic hydroxyl groups is 2. The van der Waals surface area contributed by atoms with Gasteiger partial charge in [0.05, 0.1) is 19.8 Å². The lowest BCUT2D eigenvalue weighted by atomic mass is 10.0. The van der Waals surface area contributed by atoms with E-state index in [1.165, 1.54) is 154 Å². The third-order valence-electron chi connectivity index (χ3n) is 11.0. The lowest BCUT2D eigenvalue weighted by Crippen LogP contribution is -2.29. The highest BCUT2D eigenvalue weighted by Crippen LogP contribution is 2.43. The highest BCUT2D eigenvalue weighted by atomic mass is 31.2. The van der Waals surface area contributed by atoms with Gasteiger partial charge < -0.3 is 24.6 Å². The number of esters is 2. The van der Waals surface area contributed by atoms with Crippen molar-refractivity contribution in [2.24, 2.45) is 0 Å². The zero-order chi connectivity index (χ0) is 46.2. The quantitative estimate of drug-likeness (QED) is 0.0233. The number of rotatable bonds is 48. The molecule has 0 aliphatic rings. The van der Waals surface area contributed by atoms with Crippen molar-refractivity contribution in [3.05, 3.63) is 48.6 Å². The number of allylic oxidation sites excluding steroid dienone is 8. The molecule has 0 saturated carbocycles. The maximum Gasteiger partial charge on any atom is 0.472 e. The average Bonchev–Trinajstić information content (AvgIpc) is 3.27. The van der Waals surface area contributed by atoms with Crippen molar-refractivity contribution in [3.63, 3.8) is 0 Å². The topological polar surface area (TPSA) is 149 Å². The minimum atomic E-state index is -4.64. The van der Waals surface area contributed by atoms with Gasteiger partial charge in [-0.1, -0.05) is 204 Å². The highest BCUT2D eigenvalue weighted by Gasteiger charge is 2.27. The molecule has 0 saturated heterocycles. The fraction of sp³-hybridized carbons (Fsp3) is 0.808. The van der Waals surface area contributed by atoms with E-state index in [1.807, 2.05) is 6.08 Å². The van der Waals surface area contributed by atoms with E-state index in [2.05, 4.69) is 56.4 Å². The van der Waals surface area contributed by atoms with Crippen LogP contribution in [0.3, 0.4) is 0 Å². The van der Waals surface area contributed by atoms with E-state index in [4.69, 9.17) is 23.6 Å². The van der Waals surface area contributed by atoms with Gasteiger partial charge in [-0.25, -0.2) is 4.57 Å². The van der Waals surface area contributed by atoms with Gasteiger partial charge in [0.15, 0.2) is 6.10 Å². The Morgan fingerprint density at radius 3 is 1.25 bits per heavy atom. The van der Waals surface area contributed by atoms with E-state index in [-0.39, 0.29) is 19.4 Å². The summed E-state index contributed by atoms with van der Waals surface area (Å²) in [6.45, 7) is 2.32. The number of aliphatic hydroxyl groups excluding tert-OH is 2. The Morgan fingerprint density at radius 1 is 0.476 bits per heavy atom. The summed E-state index contributed by atoms with van der Waals surface area (Å²) < 4.78 is 32.7. The SMILES string of the molecule is CCCCCCCC/C=C/C/C=C/C/C=C/CCCC(=O)OC[C@H](COP(=O)(O)OC[C@@H](O)CO)OC(=O)CCC/C=C/CCCCCCCCCCCCCCCCCCCC. The molecule has 0 rings (SSSR count). The van der Waals surface area contributed by atoms with Crippen LogP contribution in [-0.2, 0) is 32.7 Å². The zero-order valence-corrected chi connectivity index (χ0v) is 41.2. The molecule has 0 aromatic heterocycles. The molecular weight excluding hydrogens is 816 g/mol. The van der Waals surface area contributed by atoms with Crippen molar-refractivity contribution in [2.45, 2.75) is 244 Å². The molecule has 0 bridgehead atoms. The maximum absolute atomic E-state index is 12.7. The molecule has 0 aliphatic heterocycles. The predicted molar refractivity (Wildman–Crippen MR) is 261 cm³/mol. The van der Waals surface area contributed by atoms with Crippen LogP contribution in [0.25, 0.3) is 0 Å². The Labute approximate surface area is 385 Å². The minimum absolute atomic E-state index is 0.126. The first-order valence-corrected chi connectivity index (χ1v) is 27.1. The van der Waals surface area contributed by atoms with Crippen molar-refractivity contribution >= 4 is 19.8 Å². The summed E-state index contributed by atoms with van der Waals surface area (Å²) in [7, 11) is -4.64. The summed E-state index contributed by atoms with van der Waals surface area (Å²) in [5.74, 6) is -1.02. The van der Waals surface area contributed by atoms with Gasteiger partial charge in [0, 0.05) is 12.8 Å². The normalized spacial score (nSPS) is 14.0. The molecule has 0 aliphatic carbocycles. The van der Waals surface area contributed by atoms with Crippen LogP contribution < -0.4 is 0 Å². The number of hydrogen-bond acceptors (Lipinski definition) is 9. The molecule has 3 N–H and O–H groups in total. The molecule has 3 atom stereocenters. The maximum atomic E-state index is 12.7. The van der Waals surface area contributed by atoms with Gasteiger partial charge in [-0.2, -0.15) is 0 Å². The van der Waals surface area contributed by atoms with Crippen LogP contribution in [0.1, 0.15) is 232 Å². The third-order valence-corrected chi connectivity index (χ3v) is 11.9. The number of phosphoric ester groups is 1. The van der Waals surface area contributed by atoms with Crippen LogP contribution in [0.5, 0.6) is 0 Å². The number of hydrogen-bond donors (Lipinski definition) is 3. The molecule has 368 valence electrons. The van der Waals surface area contributed by atoms with Crippen LogP contribution >= 0.6 is 7.82 Å². The number of carbonyl (C=O) groups is 2. The number of unbranched alkanes of at least 4 members (excludes halogenated alkanes) is 26. The Kier molecular flexibility index (Phi) is 46.3. The van der Waals surface area contributed by atoms with Crippen molar-refractivity contribution < 1.29 is 47.8 Å². The molecule has 0 heterocycles. The van der Waals surface area contributed by atoms with Gasteiger partial charge in [-0.15, -0.1) is 0 Å². The Balaban J connectivity index is 4.25. The first-order chi connectivity index (χ1) is 30.7. The largest absolute Gasteiger partial charge is 0.472 e. The van der Waals surface area contributed by atoms with Crippen LogP contribution in [-0.4, -0.2) is 65.7 Å². The molecule has 1 unspecified atom stereocenters. The summed E-state index contributed by atoms with van der Waals surface area (Å²) in [6, 6.07) is 0. The molecule has 0 fully saturated rings. The van der Waals surface area contributed by atoms with Gasteiger partial charge >= 0.3 is 19.8 Å². The van der Waals surface area contributed by atoms with Crippen LogP contribution in [0, 0.1) is 0 Å². The number of phosphoric acid groups is 1. The monoisotopic (exact) mass is 911 g/mol. The fourth-order valence-electron chi connectivity index (χ4n) is 7.01. The zero-order valence-electron chi connectivity index (χ0n) is 40.3. The van der Waals surface area contributed by atoms with Crippen LogP contribution in [0.2, 0.25) is 0 Å². The molecule has 0 spiro atoms. The molecule has 11 heteroatoms. The summed E-state index contributed by atoms with van der Waals surface area (Å²) in [5, 5.41) is 18.4. The summed E-state index contributed by atoms with van der Waals surface area (Å²) >= 11 is 0. The predicted octanol–water partition coefficient (Wildman–Crippen LogP) is 14.5. The standard InChI is InChI=1S/C52H95O10P/c1-3-5-7-9-11-13-15-17-19-21-22-23-24-25-26-28-30-32-34-36-38-40-42-44-52(56)62-50(48-61-63(57,58)60-46-49(54)45-53)47-59-51(55)43-41-39-37-35-33-31-29-27-20-18-16-14-12-10-8-6-4-2/h18,20,29,31,35-38,49-50,53-54H,3-17,19,21-28,30,32-34,39-48H2,1-2H3,(H,57,58)/b20-18+,31-29+,37-35+,38-36+/t49-,50+/m0/s1. The van der Waals surface area contributed by atoms with Gasteiger partial charge in [0.25, 0.3) is 0 Å². The molecule has 63 heavy (non-hydrogen) atoms. The number of carbonyl (C=O) groups excluding carboxylic acids is 2. The van der Waals surface area contributed by atoms with Crippen LogP contribution in [0.4, 0.5) is 0 Å². The Morgan fingerprint density at radius 2 is 0.825 bits per heavy atom. The van der Waals surface area contributed by atoms with Crippen molar-refractivity contribution in [1.29, 1.82) is 0 Å². The van der Waals surface area contributed by atoms with E-state index < -0.39 is 51.8 Å². The van der Waals surface area contributed by atoms with Gasteiger partial charge in [0.2, 0.25) is 0 Å². The first-order valence-electron chi connectivity index (χ1n) is 25.6. The summed E-state index contributed by atoms with van der Waals surface area (Å²) in [4.78, 5) is 35.1. The van der Waals surface area contributed by atoms with Crippen LogP contribution in [0.15, 0.2) is 48.6 Å². The second kappa shape index (κ2) is 47.9. The van der Waals surface area contributed by atoms with E-state index in [1.54, 1.807) is 0 Å². The Bertz CT molecular complexity index is 1190. The fourth-order valence-corrected chi connectivity index (χ4v) is 7.80. The first kappa shape index (κ1) is 60.9. The van der Waals surface area contributed by atoms with E-state index in [0.29, 0.717) is 19.3 Å². The van der Waals surface area contributed by atoms with Crippen molar-refractivity contribution in [2.75, 3.05) is 26.4 Å². The molecular formula is C52H95O10P. The van der Waals surface area contributed by atoms with Gasteiger partial charge in [-0.05, 0) is 64.2 Å². The number of ether oxygens (including phenoxy) is 2. The minimum Gasteiger partial charge on any atom is -0.462 e.